The molecule has 5 nitrogen and oxygen atoms in total. The summed E-state index contributed by atoms with van der Waals surface area (Å²) >= 11 is 0. The van der Waals surface area contributed by atoms with Crippen molar-refractivity contribution in [1.82, 2.24) is 5.32 Å². The molecule has 5 heteroatoms. The Morgan fingerprint density at radius 3 is 2.44 bits per heavy atom. The van der Waals surface area contributed by atoms with Gasteiger partial charge in [0, 0.05) is 0 Å². The summed E-state index contributed by atoms with van der Waals surface area (Å²) < 4.78 is 5.23. The number of carbonyl (C=O) groups excluding carboxylic acids is 1. The van der Waals surface area contributed by atoms with Crippen LogP contribution in [0.5, 0.6) is 0 Å². The lowest BCUT2D eigenvalue weighted by atomic mass is 9.95. The molecule has 1 atom stereocenters. The van der Waals surface area contributed by atoms with Crippen molar-refractivity contribution in [1.29, 1.82) is 0 Å². The van der Waals surface area contributed by atoms with Gasteiger partial charge in [-0.2, -0.15) is 0 Å². The molecule has 0 saturated heterocycles. The Labute approximate surface area is 146 Å². The summed E-state index contributed by atoms with van der Waals surface area (Å²) in [6.45, 7) is 0.150. The number of hydrogen-bond acceptors (Lipinski definition) is 3. The van der Waals surface area contributed by atoms with Gasteiger partial charge in [-0.1, -0.05) is 54.6 Å². The minimum atomic E-state index is -0.959. The molecule has 0 bridgehead atoms. The molecule has 1 fully saturated rings. The zero-order valence-corrected chi connectivity index (χ0v) is 13.9. The van der Waals surface area contributed by atoms with Gasteiger partial charge in [-0.3, -0.25) is 4.79 Å². The van der Waals surface area contributed by atoms with Crippen molar-refractivity contribution in [2.75, 3.05) is 0 Å². The average molecular weight is 339 g/mol. The Morgan fingerprint density at radius 1 is 1.08 bits per heavy atom. The van der Waals surface area contributed by atoms with Crippen LogP contribution in [0, 0.1) is 0 Å². The first-order valence-corrected chi connectivity index (χ1v) is 8.41. The smallest absolute Gasteiger partial charge is 0.407 e. The van der Waals surface area contributed by atoms with Crippen molar-refractivity contribution in [3.8, 4) is 0 Å². The summed E-state index contributed by atoms with van der Waals surface area (Å²) in [4.78, 5) is 23.4. The number of amides is 1. The quantitative estimate of drug-likeness (QED) is 0.799. The molecule has 1 aliphatic carbocycles. The lowest BCUT2D eigenvalue weighted by molar-refractivity contribution is -0.137. The molecule has 2 aromatic rings. The van der Waals surface area contributed by atoms with E-state index >= 15 is 0 Å². The number of aliphatic carboxylic acids is 1. The third kappa shape index (κ3) is 4.83. The molecule has 0 aliphatic heterocycles. The molecule has 130 valence electrons. The van der Waals surface area contributed by atoms with E-state index in [4.69, 9.17) is 4.74 Å². The molecule has 25 heavy (non-hydrogen) atoms. The monoisotopic (exact) mass is 339 g/mol. The molecule has 1 aliphatic rings. The van der Waals surface area contributed by atoms with Crippen LogP contribution in [0.2, 0.25) is 0 Å². The Hall–Kier alpha value is -2.82. The molecule has 0 aromatic heterocycles. The maximum absolute atomic E-state index is 12.2. The van der Waals surface area contributed by atoms with Gasteiger partial charge in [0.1, 0.15) is 6.61 Å². The van der Waals surface area contributed by atoms with Gasteiger partial charge in [-0.05, 0) is 35.4 Å². The van der Waals surface area contributed by atoms with E-state index < -0.39 is 18.1 Å². The molecular weight excluding hydrogens is 318 g/mol. The minimum absolute atomic E-state index is 0.150. The number of rotatable bonds is 7. The zero-order valence-electron chi connectivity index (χ0n) is 13.9. The number of carbonyl (C=O) groups is 2. The minimum Gasteiger partial charge on any atom is -0.481 e. The fourth-order valence-electron chi connectivity index (χ4n) is 2.91. The van der Waals surface area contributed by atoms with E-state index in [1.165, 1.54) is 0 Å². The first-order valence-electron chi connectivity index (χ1n) is 8.41. The second-order valence-electron chi connectivity index (χ2n) is 6.26. The topological polar surface area (TPSA) is 75.6 Å². The van der Waals surface area contributed by atoms with Crippen LogP contribution in [-0.4, -0.2) is 17.2 Å². The predicted octanol–water partition coefficient (Wildman–Crippen LogP) is 4.01. The summed E-state index contributed by atoms with van der Waals surface area (Å²) in [7, 11) is 0. The first-order chi connectivity index (χ1) is 12.1. The van der Waals surface area contributed by atoms with E-state index in [1.807, 2.05) is 54.6 Å². The molecule has 2 N–H and O–H groups in total. The van der Waals surface area contributed by atoms with Crippen LogP contribution in [0.25, 0.3) is 0 Å². The largest absolute Gasteiger partial charge is 0.481 e. The van der Waals surface area contributed by atoms with Gasteiger partial charge in [-0.15, -0.1) is 0 Å². The zero-order chi connectivity index (χ0) is 17.6. The fourth-order valence-corrected chi connectivity index (χ4v) is 2.91. The van der Waals surface area contributed by atoms with Gasteiger partial charge in [0.05, 0.1) is 12.5 Å². The van der Waals surface area contributed by atoms with Crippen LogP contribution in [-0.2, 0) is 16.1 Å². The van der Waals surface area contributed by atoms with Gasteiger partial charge in [0.2, 0.25) is 0 Å². The summed E-state index contributed by atoms with van der Waals surface area (Å²) in [6.07, 6.45) is 1.43. The van der Waals surface area contributed by atoms with Gasteiger partial charge < -0.3 is 15.2 Å². The van der Waals surface area contributed by atoms with Crippen LogP contribution in [0.15, 0.2) is 54.6 Å². The first kappa shape index (κ1) is 17.0. The maximum Gasteiger partial charge on any atom is 0.407 e. The van der Waals surface area contributed by atoms with Gasteiger partial charge in [0.15, 0.2) is 0 Å². The highest BCUT2D eigenvalue weighted by Crippen LogP contribution is 2.43. The highest BCUT2D eigenvalue weighted by atomic mass is 16.5. The predicted molar refractivity (Wildman–Crippen MR) is 93.2 cm³/mol. The number of carboxylic acids is 1. The van der Waals surface area contributed by atoms with Crippen LogP contribution in [0.3, 0.4) is 0 Å². The van der Waals surface area contributed by atoms with Crippen LogP contribution in [0.4, 0.5) is 4.79 Å². The van der Waals surface area contributed by atoms with E-state index in [0.717, 1.165) is 29.5 Å². The van der Waals surface area contributed by atoms with Crippen molar-refractivity contribution >= 4 is 12.1 Å². The van der Waals surface area contributed by atoms with E-state index in [1.54, 1.807) is 0 Å². The Balaban J connectivity index is 1.68. The number of alkyl carbamates (subject to hydrolysis) is 1. The summed E-state index contributed by atoms with van der Waals surface area (Å²) in [5.41, 5.74) is 2.87. The number of nitrogens with one attached hydrogen (secondary N) is 1. The molecule has 0 radical (unpaired) electrons. The van der Waals surface area contributed by atoms with Gasteiger partial charge in [-0.25, -0.2) is 4.79 Å². The molecule has 2 aromatic carbocycles. The summed E-state index contributed by atoms with van der Waals surface area (Å²) in [5.74, 6) is -0.492. The lowest BCUT2D eigenvalue weighted by Gasteiger charge is -2.20. The third-order valence-electron chi connectivity index (χ3n) is 4.27. The second kappa shape index (κ2) is 7.83. The van der Waals surface area contributed by atoms with Gasteiger partial charge in [0.25, 0.3) is 0 Å². The van der Waals surface area contributed by atoms with Crippen molar-refractivity contribution in [3.05, 3.63) is 71.3 Å². The summed E-state index contributed by atoms with van der Waals surface area (Å²) in [5, 5.41) is 11.9. The molecule has 1 saturated carbocycles. The maximum atomic E-state index is 12.2. The molecule has 1 unspecified atom stereocenters. The Bertz CT molecular complexity index is 740. The number of benzene rings is 2. The number of ether oxygens (including phenoxy) is 1. The highest BCUT2D eigenvalue weighted by Gasteiger charge is 2.29. The lowest BCUT2D eigenvalue weighted by Crippen LogP contribution is -2.31. The second-order valence-corrected chi connectivity index (χ2v) is 6.26. The fraction of sp³-hybridized carbons (Fsp3) is 0.300. The standard InChI is InChI=1S/C20H21NO4/c22-19(23)12-18(17-9-5-4-8-16(17)15-10-11-15)21-20(24)25-13-14-6-2-1-3-7-14/h1-9,15,18H,10-13H2,(H,21,24)(H,22,23). The molecule has 1 amide bonds. The SMILES string of the molecule is O=C(O)CC(NC(=O)OCc1ccccc1)c1ccccc1C1CC1. The van der Waals surface area contributed by atoms with Crippen LogP contribution < -0.4 is 5.32 Å². The molecule has 0 heterocycles. The van der Waals surface area contributed by atoms with Crippen molar-refractivity contribution in [2.45, 2.75) is 37.8 Å². The number of hydrogen-bond donors (Lipinski definition) is 2. The normalized spacial score (nSPS) is 14.6. The van der Waals surface area contributed by atoms with E-state index in [2.05, 4.69) is 5.32 Å². The molecular formula is C20H21NO4. The number of carboxylic acid groups (broad SMARTS) is 1. The van der Waals surface area contributed by atoms with Crippen molar-refractivity contribution in [2.24, 2.45) is 0 Å². The van der Waals surface area contributed by atoms with Crippen molar-refractivity contribution in [3.63, 3.8) is 0 Å². The van der Waals surface area contributed by atoms with Gasteiger partial charge >= 0.3 is 12.1 Å². The van der Waals surface area contributed by atoms with E-state index in [9.17, 15) is 14.7 Å². The Morgan fingerprint density at radius 2 is 1.76 bits per heavy atom. The Kier molecular flexibility index (Phi) is 5.33. The molecule has 3 rings (SSSR count). The van der Waals surface area contributed by atoms with E-state index in [0.29, 0.717) is 5.92 Å². The summed E-state index contributed by atoms with van der Waals surface area (Å²) in [6, 6.07) is 16.5. The van der Waals surface area contributed by atoms with Crippen LogP contribution >= 0.6 is 0 Å². The van der Waals surface area contributed by atoms with Crippen molar-refractivity contribution < 1.29 is 19.4 Å². The van der Waals surface area contributed by atoms with E-state index in [-0.39, 0.29) is 13.0 Å². The van der Waals surface area contributed by atoms with Crippen LogP contribution in [0.1, 0.15) is 47.9 Å². The average Bonchev–Trinajstić information content (AvgIpc) is 3.45. The third-order valence-corrected chi connectivity index (χ3v) is 4.27. The highest BCUT2D eigenvalue weighted by molar-refractivity contribution is 5.72. The molecule has 0 spiro atoms.